The minimum absolute atomic E-state index is 0.0453. The second-order valence-electron chi connectivity index (χ2n) is 4.52. The van der Waals surface area contributed by atoms with E-state index in [2.05, 4.69) is 4.98 Å². The van der Waals surface area contributed by atoms with Gasteiger partial charge in [0.2, 0.25) is 0 Å². The van der Waals surface area contributed by atoms with Crippen LogP contribution in [0.3, 0.4) is 0 Å². The predicted octanol–water partition coefficient (Wildman–Crippen LogP) is 3.27. The Morgan fingerprint density at radius 3 is 2.75 bits per heavy atom. The van der Waals surface area contributed by atoms with Crippen LogP contribution in [0.25, 0.3) is 0 Å². The molecule has 0 saturated carbocycles. The molecule has 0 bridgehead atoms. The third-order valence-corrected chi connectivity index (χ3v) is 3.46. The highest BCUT2D eigenvalue weighted by Gasteiger charge is 2.22. The van der Waals surface area contributed by atoms with Gasteiger partial charge in [0.15, 0.2) is 5.69 Å². The number of rotatable bonds is 3. The Labute approximate surface area is 122 Å². The Morgan fingerprint density at radius 2 is 2.10 bits per heavy atom. The fraction of sp³-hybridized carbons (Fsp3) is 0.200. The van der Waals surface area contributed by atoms with Gasteiger partial charge in [-0.3, -0.25) is 4.79 Å². The highest BCUT2D eigenvalue weighted by Crippen LogP contribution is 2.24. The van der Waals surface area contributed by atoms with E-state index in [-0.39, 0.29) is 23.4 Å². The molecule has 0 saturated heterocycles. The fourth-order valence-electron chi connectivity index (χ4n) is 1.89. The second kappa shape index (κ2) is 5.92. The summed E-state index contributed by atoms with van der Waals surface area (Å²) in [5.74, 6) is -0.460. The first-order chi connectivity index (χ1) is 9.50. The first-order valence-corrected chi connectivity index (χ1v) is 6.55. The van der Waals surface area contributed by atoms with Gasteiger partial charge in [0.05, 0.1) is 6.04 Å². The lowest BCUT2D eigenvalue weighted by Crippen LogP contribution is -2.30. The van der Waals surface area contributed by atoms with Crippen LogP contribution in [0, 0.1) is 0 Å². The normalized spacial score (nSPS) is 11.9. The molecular formula is C15H15ClN2O2. The summed E-state index contributed by atoms with van der Waals surface area (Å²) in [6.07, 6.45) is 1.48. The van der Waals surface area contributed by atoms with Gasteiger partial charge in [-0.25, -0.2) is 4.98 Å². The molecule has 0 radical (unpaired) electrons. The summed E-state index contributed by atoms with van der Waals surface area (Å²) in [5, 5.41) is 10.3. The second-order valence-corrected chi connectivity index (χ2v) is 4.95. The molecule has 1 N–H and O–H groups in total. The van der Waals surface area contributed by atoms with Gasteiger partial charge in [0.25, 0.3) is 5.91 Å². The average Bonchev–Trinajstić information content (AvgIpc) is 2.45. The molecule has 2 rings (SSSR count). The molecule has 1 aromatic heterocycles. The lowest BCUT2D eigenvalue weighted by atomic mass is 10.1. The smallest absolute Gasteiger partial charge is 0.276 e. The summed E-state index contributed by atoms with van der Waals surface area (Å²) in [4.78, 5) is 17.8. The summed E-state index contributed by atoms with van der Waals surface area (Å²) in [6.45, 7) is 1.89. The highest BCUT2D eigenvalue weighted by molar-refractivity contribution is 6.30. The van der Waals surface area contributed by atoms with Crippen LogP contribution in [0.2, 0.25) is 5.02 Å². The molecular weight excluding hydrogens is 276 g/mol. The van der Waals surface area contributed by atoms with Crippen molar-refractivity contribution >= 4 is 17.5 Å². The lowest BCUT2D eigenvalue weighted by Gasteiger charge is -2.25. The number of aromatic hydroxyl groups is 1. The van der Waals surface area contributed by atoms with Gasteiger partial charge in [-0.2, -0.15) is 0 Å². The molecule has 1 unspecified atom stereocenters. The van der Waals surface area contributed by atoms with Crippen molar-refractivity contribution < 1.29 is 9.90 Å². The van der Waals surface area contributed by atoms with Crippen LogP contribution >= 0.6 is 11.6 Å². The van der Waals surface area contributed by atoms with Crippen LogP contribution in [0.15, 0.2) is 42.6 Å². The van der Waals surface area contributed by atoms with Crippen molar-refractivity contribution in [3.05, 3.63) is 58.9 Å². The van der Waals surface area contributed by atoms with Crippen molar-refractivity contribution in [1.29, 1.82) is 0 Å². The Hall–Kier alpha value is -2.07. The van der Waals surface area contributed by atoms with Crippen molar-refractivity contribution in [1.82, 2.24) is 9.88 Å². The van der Waals surface area contributed by atoms with E-state index in [1.807, 2.05) is 25.1 Å². The van der Waals surface area contributed by atoms with E-state index < -0.39 is 0 Å². The monoisotopic (exact) mass is 290 g/mol. The number of benzene rings is 1. The van der Waals surface area contributed by atoms with Gasteiger partial charge in [-0.05, 0) is 36.8 Å². The van der Waals surface area contributed by atoms with Gasteiger partial charge >= 0.3 is 0 Å². The van der Waals surface area contributed by atoms with E-state index in [1.165, 1.54) is 17.2 Å². The summed E-state index contributed by atoms with van der Waals surface area (Å²) in [7, 11) is 1.67. The molecule has 2 aromatic rings. The van der Waals surface area contributed by atoms with Crippen LogP contribution in [0.4, 0.5) is 0 Å². The standard InChI is InChI=1S/C15H15ClN2O2/c1-10(11-5-3-6-12(16)9-11)18(2)15(20)14-13(19)7-4-8-17-14/h3-10,19H,1-2H3. The molecule has 1 aromatic carbocycles. The van der Waals surface area contributed by atoms with Crippen LogP contribution in [0.5, 0.6) is 5.75 Å². The number of halogens is 1. The molecule has 4 nitrogen and oxygen atoms in total. The Kier molecular flexibility index (Phi) is 4.25. The predicted molar refractivity (Wildman–Crippen MR) is 77.9 cm³/mol. The SMILES string of the molecule is CC(c1cccc(Cl)c1)N(C)C(=O)c1ncccc1O. The number of hydrogen-bond acceptors (Lipinski definition) is 3. The van der Waals surface area contributed by atoms with Crippen LogP contribution < -0.4 is 0 Å². The molecule has 1 heterocycles. The molecule has 104 valence electrons. The molecule has 0 aliphatic heterocycles. The zero-order chi connectivity index (χ0) is 14.7. The summed E-state index contributed by atoms with van der Waals surface area (Å²) in [6, 6.07) is 10.2. The third-order valence-electron chi connectivity index (χ3n) is 3.22. The van der Waals surface area contributed by atoms with Crippen molar-refractivity contribution in [2.24, 2.45) is 0 Å². The molecule has 0 aliphatic carbocycles. The molecule has 5 heteroatoms. The van der Waals surface area contributed by atoms with Crippen molar-refractivity contribution in [3.63, 3.8) is 0 Å². The minimum Gasteiger partial charge on any atom is -0.505 e. The topological polar surface area (TPSA) is 53.4 Å². The lowest BCUT2D eigenvalue weighted by molar-refractivity contribution is 0.0733. The summed E-state index contributed by atoms with van der Waals surface area (Å²) in [5.41, 5.74) is 0.965. The van der Waals surface area contributed by atoms with E-state index in [0.717, 1.165) is 5.56 Å². The number of pyridine rings is 1. The van der Waals surface area contributed by atoms with Gasteiger partial charge < -0.3 is 10.0 Å². The van der Waals surface area contributed by atoms with Crippen molar-refractivity contribution in [3.8, 4) is 5.75 Å². The minimum atomic E-state index is -0.337. The van der Waals surface area contributed by atoms with Crippen molar-refractivity contribution in [2.45, 2.75) is 13.0 Å². The molecule has 1 amide bonds. The van der Waals surface area contributed by atoms with Crippen LogP contribution in [0.1, 0.15) is 29.0 Å². The summed E-state index contributed by atoms with van der Waals surface area (Å²) < 4.78 is 0. The Bertz CT molecular complexity index is 631. The summed E-state index contributed by atoms with van der Waals surface area (Å²) >= 11 is 5.96. The largest absolute Gasteiger partial charge is 0.505 e. The number of aromatic nitrogens is 1. The quantitative estimate of drug-likeness (QED) is 0.944. The molecule has 20 heavy (non-hydrogen) atoms. The van der Waals surface area contributed by atoms with E-state index in [1.54, 1.807) is 19.2 Å². The number of hydrogen-bond donors (Lipinski definition) is 1. The first-order valence-electron chi connectivity index (χ1n) is 6.17. The Balaban J connectivity index is 2.25. The zero-order valence-corrected chi connectivity index (χ0v) is 12.0. The van der Waals surface area contributed by atoms with Gasteiger partial charge in [-0.15, -0.1) is 0 Å². The van der Waals surface area contributed by atoms with Crippen LogP contribution in [-0.4, -0.2) is 27.9 Å². The first kappa shape index (κ1) is 14.3. The van der Waals surface area contributed by atoms with Crippen molar-refractivity contribution in [2.75, 3.05) is 7.05 Å². The molecule has 0 aliphatic rings. The van der Waals surface area contributed by atoms with E-state index in [4.69, 9.17) is 11.6 Å². The van der Waals surface area contributed by atoms with E-state index >= 15 is 0 Å². The van der Waals surface area contributed by atoms with Crippen LogP contribution in [-0.2, 0) is 0 Å². The Morgan fingerprint density at radius 1 is 1.35 bits per heavy atom. The van der Waals surface area contributed by atoms with Gasteiger partial charge in [-0.1, -0.05) is 23.7 Å². The number of carbonyl (C=O) groups is 1. The number of carbonyl (C=O) groups excluding carboxylic acids is 1. The highest BCUT2D eigenvalue weighted by atomic mass is 35.5. The zero-order valence-electron chi connectivity index (χ0n) is 11.2. The molecule has 1 atom stereocenters. The fourth-order valence-corrected chi connectivity index (χ4v) is 2.09. The maximum absolute atomic E-state index is 12.3. The van der Waals surface area contributed by atoms with Gasteiger partial charge in [0.1, 0.15) is 5.75 Å². The van der Waals surface area contributed by atoms with E-state index in [0.29, 0.717) is 5.02 Å². The average molecular weight is 291 g/mol. The third kappa shape index (κ3) is 2.91. The maximum atomic E-state index is 12.3. The molecule has 0 spiro atoms. The van der Waals surface area contributed by atoms with Gasteiger partial charge in [0, 0.05) is 18.3 Å². The van der Waals surface area contributed by atoms with E-state index in [9.17, 15) is 9.90 Å². The number of nitrogens with zero attached hydrogens (tertiary/aromatic N) is 2. The molecule has 0 fully saturated rings. The maximum Gasteiger partial charge on any atom is 0.276 e. The number of amides is 1.